The number of aliphatic hydroxyl groups is 1. The fourth-order valence-electron chi connectivity index (χ4n) is 4.62. The lowest BCUT2D eigenvalue weighted by Crippen LogP contribution is -2.28. The van der Waals surface area contributed by atoms with Gasteiger partial charge in [0.15, 0.2) is 0 Å². The fourth-order valence-corrected chi connectivity index (χ4v) is 4.62. The highest BCUT2D eigenvalue weighted by molar-refractivity contribution is 5.68. The van der Waals surface area contributed by atoms with Crippen molar-refractivity contribution in [3.05, 3.63) is 113 Å². The molecule has 0 aromatic heterocycles. The van der Waals surface area contributed by atoms with Crippen LogP contribution in [0.2, 0.25) is 0 Å². The van der Waals surface area contributed by atoms with Crippen molar-refractivity contribution < 1.29 is 29.2 Å². The minimum absolute atomic E-state index is 0.0778. The zero-order valence-corrected chi connectivity index (χ0v) is 23.7. The third-order valence-corrected chi connectivity index (χ3v) is 6.83. The number of aliphatic carboxylic acids is 1. The molecular formula is C34H34N2O6. The molecule has 8 heteroatoms. The van der Waals surface area contributed by atoms with Gasteiger partial charge in [-0.2, -0.15) is 5.26 Å². The van der Waals surface area contributed by atoms with Crippen molar-refractivity contribution in [2.24, 2.45) is 0 Å². The molecule has 4 rings (SSSR count). The largest absolute Gasteiger partial charge is 0.496 e. The normalized spacial score (nSPS) is 11.4. The number of rotatable bonds is 14. The predicted octanol–water partition coefficient (Wildman–Crippen LogP) is 5.63. The number of nitriles is 1. The molecule has 0 saturated heterocycles. The lowest BCUT2D eigenvalue weighted by molar-refractivity contribution is -0.139. The SMILES string of the molecule is COc1cc(OCc2cccc(-c3ccccc3)c2C)cc(OCc2cccc(C#N)c2)c1CNC[C@@H](O)CC(=O)O. The standard InChI is InChI=1S/C34H34N2O6/c1-23-27(12-7-13-30(23)26-10-4-3-5-11-26)22-41-29-16-32(40-2)31(20-36-19-28(37)15-34(38)39)33(17-29)42-21-25-9-6-8-24(14-25)18-35/h3-14,16-17,28,36-37H,15,19-22H2,1-2H3,(H,38,39)/t28-/m0/s1. The van der Waals surface area contributed by atoms with Gasteiger partial charge < -0.3 is 29.7 Å². The van der Waals surface area contributed by atoms with E-state index in [0.29, 0.717) is 35.0 Å². The first kappa shape index (κ1) is 30.1. The molecule has 0 bridgehead atoms. The quantitative estimate of drug-likeness (QED) is 0.180. The highest BCUT2D eigenvalue weighted by Crippen LogP contribution is 2.36. The van der Waals surface area contributed by atoms with Crippen LogP contribution >= 0.6 is 0 Å². The maximum absolute atomic E-state index is 10.9. The molecular weight excluding hydrogens is 532 g/mol. The third-order valence-electron chi connectivity index (χ3n) is 6.83. The average Bonchev–Trinajstić information content (AvgIpc) is 3.00. The smallest absolute Gasteiger partial charge is 0.306 e. The second kappa shape index (κ2) is 14.7. The van der Waals surface area contributed by atoms with Gasteiger partial charge >= 0.3 is 5.97 Å². The van der Waals surface area contributed by atoms with Crippen LogP contribution in [0.25, 0.3) is 11.1 Å². The number of carboxylic acids is 1. The molecule has 3 N–H and O–H groups in total. The van der Waals surface area contributed by atoms with Crippen molar-refractivity contribution in [2.45, 2.75) is 39.2 Å². The van der Waals surface area contributed by atoms with Gasteiger partial charge in [-0.3, -0.25) is 4.79 Å². The van der Waals surface area contributed by atoms with E-state index >= 15 is 0 Å². The van der Waals surface area contributed by atoms with Gasteiger partial charge in [-0.1, -0.05) is 60.7 Å². The molecule has 0 aliphatic heterocycles. The molecule has 0 fully saturated rings. The van der Waals surface area contributed by atoms with Gasteiger partial charge in [0, 0.05) is 25.2 Å². The van der Waals surface area contributed by atoms with Crippen LogP contribution in [-0.2, 0) is 24.6 Å². The zero-order valence-electron chi connectivity index (χ0n) is 23.7. The molecule has 0 radical (unpaired) electrons. The van der Waals surface area contributed by atoms with Gasteiger partial charge in [0.05, 0.1) is 36.8 Å². The number of nitrogens with zero attached hydrogens (tertiary/aromatic N) is 1. The average molecular weight is 567 g/mol. The molecule has 0 amide bonds. The Morgan fingerprint density at radius 2 is 1.71 bits per heavy atom. The van der Waals surface area contributed by atoms with Gasteiger partial charge in [-0.15, -0.1) is 0 Å². The van der Waals surface area contributed by atoms with Gasteiger partial charge in [0.2, 0.25) is 0 Å². The number of ether oxygens (including phenoxy) is 3. The molecule has 42 heavy (non-hydrogen) atoms. The number of aliphatic hydroxyl groups excluding tert-OH is 1. The Hall–Kier alpha value is -4.84. The summed E-state index contributed by atoms with van der Waals surface area (Å²) >= 11 is 0. The summed E-state index contributed by atoms with van der Waals surface area (Å²) in [5.74, 6) is 0.494. The van der Waals surface area contributed by atoms with Crippen molar-refractivity contribution in [3.63, 3.8) is 0 Å². The molecule has 216 valence electrons. The minimum Gasteiger partial charge on any atom is -0.496 e. The van der Waals surface area contributed by atoms with Crippen LogP contribution in [0.15, 0.2) is 84.9 Å². The summed E-state index contributed by atoms with van der Waals surface area (Å²) in [6.45, 7) is 2.95. The van der Waals surface area contributed by atoms with Crippen molar-refractivity contribution in [1.29, 1.82) is 5.26 Å². The van der Waals surface area contributed by atoms with E-state index in [4.69, 9.17) is 19.3 Å². The van der Waals surface area contributed by atoms with Crippen molar-refractivity contribution in [2.75, 3.05) is 13.7 Å². The van der Waals surface area contributed by atoms with Crippen LogP contribution < -0.4 is 19.5 Å². The highest BCUT2D eigenvalue weighted by atomic mass is 16.5. The van der Waals surface area contributed by atoms with Crippen molar-refractivity contribution >= 4 is 5.97 Å². The Kier molecular flexibility index (Phi) is 10.5. The van der Waals surface area contributed by atoms with Crippen LogP contribution in [-0.4, -0.2) is 35.9 Å². The molecule has 0 saturated carbocycles. The van der Waals surface area contributed by atoms with Crippen LogP contribution in [0.4, 0.5) is 0 Å². The van der Waals surface area contributed by atoms with Crippen molar-refractivity contribution in [1.82, 2.24) is 5.32 Å². The molecule has 0 aliphatic rings. The molecule has 8 nitrogen and oxygen atoms in total. The molecule has 1 atom stereocenters. The summed E-state index contributed by atoms with van der Waals surface area (Å²) in [5, 5.41) is 31.3. The maximum Gasteiger partial charge on any atom is 0.306 e. The van der Waals surface area contributed by atoms with E-state index in [1.54, 1.807) is 37.4 Å². The number of carboxylic acid groups (broad SMARTS) is 1. The van der Waals surface area contributed by atoms with Gasteiger partial charge in [0.25, 0.3) is 0 Å². The first-order valence-electron chi connectivity index (χ1n) is 13.6. The number of hydrogen-bond donors (Lipinski definition) is 3. The molecule has 0 unspecified atom stereocenters. The van der Waals surface area contributed by atoms with E-state index in [1.165, 1.54) is 0 Å². The number of carbonyl (C=O) groups is 1. The zero-order chi connectivity index (χ0) is 29.9. The molecule has 0 heterocycles. The van der Waals surface area contributed by atoms with Crippen LogP contribution in [0.3, 0.4) is 0 Å². The lowest BCUT2D eigenvalue weighted by Gasteiger charge is -2.19. The topological polar surface area (TPSA) is 121 Å². The number of methoxy groups -OCH3 is 1. The maximum atomic E-state index is 10.9. The Morgan fingerprint density at radius 1 is 0.952 bits per heavy atom. The fraction of sp³-hybridized carbons (Fsp3) is 0.235. The van der Waals surface area contributed by atoms with Gasteiger partial charge in [-0.25, -0.2) is 0 Å². The Morgan fingerprint density at radius 3 is 2.45 bits per heavy atom. The molecule has 4 aromatic carbocycles. The van der Waals surface area contributed by atoms with Gasteiger partial charge in [-0.05, 0) is 46.9 Å². The summed E-state index contributed by atoms with van der Waals surface area (Å²) in [6.07, 6.45) is -1.40. The van der Waals surface area contributed by atoms with Crippen LogP contribution in [0.1, 0.15) is 34.2 Å². The summed E-state index contributed by atoms with van der Waals surface area (Å²) in [4.78, 5) is 10.9. The lowest BCUT2D eigenvalue weighted by atomic mass is 9.97. The van der Waals surface area contributed by atoms with E-state index in [-0.39, 0.29) is 26.1 Å². The summed E-state index contributed by atoms with van der Waals surface area (Å²) in [6, 6.07) is 29.2. The van der Waals surface area contributed by atoms with Crippen LogP contribution in [0, 0.1) is 18.3 Å². The summed E-state index contributed by atoms with van der Waals surface area (Å²) in [5.41, 5.74) is 6.50. The molecule has 0 aliphatic carbocycles. The number of nitrogens with one attached hydrogen (secondary N) is 1. The van der Waals surface area contributed by atoms with E-state index in [1.807, 2.05) is 36.4 Å². The number of hydrogen-bond acceptors (Lipinski definition) is 7. The first-order valence-corrected chi connectivity index (χ1v) is 13.6. The Bertz CT molecular complexity index is 1550. The Balaban J connectivity index is 1.57. The second-order valence-electron chi connectivity index (χ2n) is 9.83. The molecule has 4 aromatic rings. The third kappa shape index (κ3) is 8.10. The minimum atomic E-state index is -1.07. The summed E-state index contributed by atoms with van der Waals surface area (Å²) in [7, 11) is 1.55. The van der Waals surface area contributed by atoms with E-state index < -0.39 is 12.1 Å². The monoisotopic (exact) mass is 566 g/mol. The summed E-state index contributed by atoms with van der Waals surface area (Å²) < 4.78 is 18.2. The second-order valence-corrected chi connectivity index (χ2v) is 9.83. The van der Waals surface area contributed by atoms with Gasteiger partial charge in [0.1, 0.15) is 30.5 Å². The van der Waals surface area contributed by atoms with E-state index in [0.717, 1.165) is 27.8 Å². The molecule has 0 spiro atoms. The van der Waals surface area contributed by atoms with Crippen LogP contribution in [0.5, 0.6) is 17.2 Å². The number of benzene rings is 4. The van der Waals surface area contributed by atoms with E-state index in [9.17, 15) is 15.2 Å². The predicted molar refractivity (Wildman–Crippen MR) is 159 cm³/mol. The Labute approximate surface area is 245 Å². The van der Waals surface area contributed by atoms with E-state index in [2.05, 4.69) is 36.5 Å². The first-order chi connectivity index (χ1) is 20.4. The van der Waals surface area contributed by atoms with Crippen molar-refractivity contribution in [3.8, 4) is 34.4 Å². The highest BCUT2D eigenvalue weighted by Gasteiger charge is 2.17.